The molecule has 0 saturated heterocycles. The maximum atomic E-state index is 4.76. The summed E-state index contributed by atoms with van der Waals surface area (Å²) in [5.74, 6) is 1.05. The van der Waals surface area contributed by atoms with E-state index in [-0.39, 0.29) is 5.41 Å². The Labute approximate surface area is 162 Å². The summed E-state index contributed by atoms with van der Waals surface area (Å²) < 4.78 is 2.45. The van der Waals surface area contributed by atoms with E-state index in [1.807, 2.05) is 6.20 Å². The number of fused-ring (bicyclic) bond motifs is 1. The Morgan fingerprint density at radius 3 is 2.37 bits per heavy atom. The van der Waals surface area contributed by atoms with E-state index >= 15 is 0 Å². The van der Waals surface area contributed by atoms with Crippen molar-refractivity contribution in [2.75, 3.05) is 0 Å². The molecule has 0 fully saturated rings. The molecule has 1 aliphatic carbocycles. The second-order valence-electron chi connectivity index (χ2n) is 8.72. The van der Waals surface area contributed by atoms with Crippen molar-refractivity contribution in [3.05, 3.63) is 77.2 Å². The first-order valence-corrected chi connectivity index (χ1v) is 10.0. The molecule has 0 N–H and O–H groups in total. The molecule has 0 bridgehead atoms. The van der Waals surface area contributed by atoms with Crippen LogP contribution in [0, 0.1) is 6.92 Å². The fourth-order valence-electron chi connectivity index (χ4n) is 4.19. The molecule has 4 rings (SSSR count). The molecule has 138 valence electrons. The predicted molar refractivity (Wildman–Crippen MR) is 111 cm³/mol. The topological polar surface area (TPSA) is 16.8 Å². The van der Waals surface area contributed by atoms with Gasteiger partial charge in [0.2, 0.25) is 0 Å². The smallest absolute Gasteiger partial charge is 0.197 e. The number of pyridine rings is 2. The standard InChI is InChI=1S/C25H29N2/c1-18-14-15-26-24(16-18)27-22-13-9-8-12-20(22)21(17-23(27)25(2,3)4)19-10-6-5-7-11-19/h5-7,10-11,14-17H,8-9,12-13H2,1-4H3/q+1. The van der Waals surface area contributed by atoms with Crippen molar-refractivity contribution in [3.8, 4) is 16.9 Å². The van der Waals surface area contributed by atoms with Gasteiger partial charge >= 0.3 is 5.82 Å². The fourth-order valence-corrected chi connectivity index (χ4v) is 4.19. The molecule has 2 heteroatoms. The Hall–Kier alpha value is -2.48. The van der Waals surface area contributed by atoms with E-state index < -0.39 is 0 Å². The molecule has 0 saturated carbocycles. The van der Waals surface area contributed by atoms with Crippen LogP contribution < -0.4 is 4.57 Å². The zero-order valence-electron chi connectivity index (χ0n) is 16.9. The Kier molecular flexibility index (Phi) is 4.59. The third kappa shape index (κ3) is 3.41. The van der Waals surface area contributed by atoms with Gasteiger partial charge in [-0.1, -0.05) is 51.1 Å². The van der Waals surface area contributed by atoms with Crippen LogP contribution in [0.4, 0.5) is 0 Å². The third-order valence-electron chi connectivity index (χ3n) is 5.54. The summed E-state index contributed by atoms with van der Waals surface area (Å²) >= 11 is 0. The fraction of sp³-hybridized carbons (Fsp3) is 0.360. The van der Waals surface area contributed by atoms with Gasteiger partial charge in [-0.05, 0) is 60.0 Å². The van der Waals surface area contributed by atoms with Gasteiger partial charge in [0.1, 0.15) is 17.6 Å². The Bertz CT molecular complexity index is 966. The number of nitrogens with zero attached hydrogens (tertiary/aromatic N) is 2. The zero-order valence-corrected chi connectivity index (χ0v) is 16.9. The van der Waals surface area contributed by atoms with E-state index in [1.165, 1.54) is 46.5 Å². The molecular formula is C25H29N2+. The maximum Gasteiger partial charge on any atom is 0.328 e. The minimum atomic E-state index is 0.0292. The van der Waals surface area contributed by atoms with Crippen LogP contribution in [0.1, 0.15) is 56.1 Å². The van der Waals surface area contributed by atoms with Gasteiger partial charge in [0.05, 0.1) is 0 Å². The third-order valence-corrected chi connectivity index (χ3v) is 5.54. The summed E-state index contributed by atoms with van der Waals surface area (Å²) in [4.78, 5) is 4.76. The molecule has 0 aliphatic heterocycles. The maximum absolute atomic E-state index is 4.76. The highest BCUT2D eigenvalue weighted by atomic mass is 15.1. The predicted octanol–water partition coefficient (Wildman–Crippen LogP) is 5.51. The average molecular weight is 358 g/mol. The summed E-state index contributed by atoms with van der Waals surface area (Å²) in [5.41, 5.74) is 8.30. The van der Waals surface area contributed by atoms with Crippen molar-refractivity contribution in [1.29, 1.82) is 0 Å². The summed E-state index contributed by atoms with van der Waals surface area (Å²) in [7, 11) is 0. The highest BCUT2D eigenvalue weighted by Gasteiger charge is 2.32. The summed E-state index contributed by atoms with van der Waals surface area (Å²) in [6, 6.07) is 17.6. The number of hydrogen-bond acceptors (Lipinski definition) is 1. The van der Waals surface area contributed by atoms with Crippen LogP contribution in [0.25, 0.3) is 16.9 Å². The largest absolute Gasteiger partial charge is 0.328 e. The molecule has 1 aromatic carbocycles. The monoisotopic (exact) mass is 357 g/mol. The molecule has 27 heavy (non-hydrogen) atoms. The van der Waals surface area contributed by atoms with Crippen molar-refractivity contribution in [1.82, 2.24) is 4.98 Å². The number of aromatic nitrogens is 2. The van der Waals surface area contributed by atoms with Crippen molar-refractivity contribution < 1.29 is 4.57 Å². The molecule has 0 spiro atoms. The highest BCUT2D eigenvalue weighted by molar-refractivity contribution is 5.68. The molecule has 0 radical (unpaired) electrons. The highest BCUT2D eigenvalue weighted by Crippen LogP contribution is 2.34. The molecule has 2 heterocycles. The van der Waals surface area contributed by atoms with Crippen LogP contribution >= 0.6 is 0 Å². The Morgan fingerprint density at radius 2 is 1.67 bits per heavy atom. The van der Waals surface area contributed by atoms with Crippen molar-refractivity contribution in [2.45, 2.75) is 58.8 Å². The van der Waals surface area contributed by atoms with Crippen molar-refractivity contribution in [3.63, 3.8) is 0 Å². The molecular weight excluding hydrogens is 328 g/mol. The van der Waals surface area contributed by atoms with E-state index in [0.29, 0.717) is 0 Å². The van der Waals surface area contributed by atoms with Crippen LogP contribution in [0.15, 0.2) is 54.7 Å². The molecule has 0 amide bonds. The van der Waals surface area contributed by atoms with E-state index in [1.54, 1.807) is 0 Å². The van der Waals surface area contributed by atoms with Crippen molar-refractivity contribution >= 4 is 0 Å². The lowest BCUT2D eigenvalue weighted by atomic mass is 9.83. The van der Waals surface area contributed by atoms with Gasteiger partial charge in [-0.3, -0.25) is 0 Å². The Morgan fingerprint density at radius 1 is 0.926 bits per heavy atom. The number of hydrogen-bond donors (Lipinski definition) is 0. The lowest BCUT2D eigenvalue weighted by Crippen LogP contribution is -2.47. The van der Waals surface area contributed by atoms with Gasteiger partial charge in [-0.15, -0.1) is 0 Å². The second-order valence-corrected chi connectivity index (χ2v) is 8.72. The zero-order chi connectivity index (χ0) is 19.0. The van der Waals surface area contributed by atoms with E-state index in [4.69, 9.17) is 4.98 Å². The lowest BCUT2D eigenvalue weighted by Gasteiger charge is -2.27. The Balaban J connectivity index is 2.07. The number of aryl methyl sites for hydroxylation is 1. The molecule has 2 nitrogen and oxygen atoms in total. The van der Waals surface area contributed by atoms with E-state index in [0.717, 1.165) is 18.7 Å². The molecule has 0 atom stereocenters. The van der Waals surface area contributed by atoms with Crippen LogP contribution in [0.2, 0.25) is 0 Å². The first kappa shape index (κ1) is 17.9. The van der Waals surface area contributed by atoms with Crippen LogP contribution in [-0.2, 0) is 18.3 Å². The molecule has 0 unspecified atom stereocenters. The minimum absolute atomic E-state index is 0.0292. The number of rotatable bonds is 2. The van der Waals surface area contributed by atoms with Gasteiger partial charge < -0.3 is 0 Å². The average Bonchev–Trinajstić information content (AvgIpc) is 2.66. The van der Waals surface area contributed by atoms with Crippen LogP contribution in [0.5, 0.6) is 0 Å². The normalized spacial score (nSPS) is 14.1. The second kappa shape index (κ2) is 6.92. The first-order valence-electron chi connectivity index (χ1n) is 10.0. The van der Waals surface area contributed by atoms with Gasteiger partial charge in [0.15, 0.2) is 0 Å². The summed E-state index contributed by atoms with van der Waals surface area (Å²) in [5, 5.41) is 0. The van der Waals surface area contributed by atoms with Gasteiger partial charge in [-0.25, -0.2) is 0 Å². The first-order chi connectivity index (χ1) is 12.9. The number of benzene rings is 1. The van der Waals surface area contributed by atoms with Gasteiger partial charge in [0, 0.05) is 23.5 Å². The van der Waals surface area contributed by atoms with E-state index in [2.05, 4.69) is 80.8 Å². The SMILES string of the molecule is Cc1ccnc(-[n+]2c(C(C)(C)C)cc(-c3ccccc3)c3c2CCCC3)c1. The van der Waals surface area contributed by atoms with Gasteiger partial charge in [-0.2, -0.15) is 4.57 Å². The summed E-state index contributed by atoms with van der Waals surface area (Å²) in [6.45, 7) is 9.06. The minimum Gasteiger partial charge on any atom is -0.197 e. The lowest BCUT2D eigenvalue weighted by molar-refractivity contribution is -0.621. The molecule has 1 aliphatic rings. The summed E-state index contributed by atoms with van der Waals surface area (Å²) in [6.07, 6.45) is 6.72. The molecule has 2 aromatic heterocycles. The van der Waals surface area contributed by atoms with Gasteiger partial charge in [0.25, 0.3) is 0 Å². The van der Waals surface area contributed by atoms with Crippen LogP contribution in [0.3, 0.4) is 0 Å². The molecule has 3 aromatic rings. The van der Waals surface area contributed by atoms with Crippen molar-refractivity contribution in [2.24, 2.45) is 0 Å². The quantitative estimate of drug-likeness (QED) is 0.553. The van der Waals surface area contributed by atoms with Crippen LogP contribution in [-0.4, -0.2) is 4.98 Å². The van der Waals surface area contributed by atoms with E-state index in [9.17, 15) is 0 Å².